The van der Waals surface area contributed by atoms with Gasteiger partial charge in [-0.1, -0.05) is 0 Å². The summed E-state index contributed by atoms with van der Waals surface area (Å²) >= 11 is -6.62. The van der Waals surface area contributed by atoms with Gasteiger partial charge >= 0.3 is 308 Å². The molecule has 0 heterocycles. The molecule has 8 aromatic carbocycles. The van der Waals surface area contributed by atoms with Crippen LogP contribution >= 0.6 is 0 Å². The van der Waals surface area contributed by atoms with Crippen LogP contribution in [0.4, 0.5) is 0 Å². The summed E-state index contributed by atoms with van der Waals surface area (Å²) in [6.45, 7) is 0. The second kappa shape index (κ2) is 16.4. The summed E-state index contributed by atoms with van der Waals surface area (Å²) in [5.41, 5.74) is 0. The Morgan fingerprint density at radius 2 is 0.240 bits per heavy atom. The van der Waals surface area contributed by atoms with Crippen molar-refractivity contribution in [3.05, 3.63) is 243 Å². The van der Waals surface area contributed by atoms with Crippen LogP contribution in [0.5, 0.6) is 0 Å². The van der Waals surface area contributed by atoms with Gasteiger partial charge in [-0.25, -0.2) is 0 Å². The van der Waals surface area contributed by atoms with Crippen molar-refractivity contribution in [2.75, 3.05) is 0 Å². The van der Waals surface area contributed by atoms with Crippen molar-refractivity contribution < 1.29 is 0 Å². The van der Waals surface area contributed by atoms with Crippen molar-refractivity contribution in [3.8, 4) is 0 Å². The van der Waals surface area contributed by atoms with E-state index in [2.05, 4.69) is 243 Å². The molecule has 240 valence electrons. The van der Waals surface area contributed by atoms with Gasteiger partial charge in [0.1, 0.15) is 0 Å². The molecule has 0 N–H and O–H groups in total. The van der Waals surface area contributed by atoms with Gasteiger partial charge in [-0.05, 0) is 0 Å². The molecule has 0 amide bonds. The van der Waals surface area contributed by atoms with Gasteiger partial charge in [0.15, 0.2) is 0 Å². The predicted molar refractivity (Wildman–Crippen MR) is 220 cm³/mol. The normalized spacial score (nSPS) is 11.2. The monoisotopic (exact) mass is 856 g/mol. The van der Waals surface area contributed by atoms with Gasteiger partial charge in [0.05, 0.1) is 0 Å². The summed E-state index contributed by atoms with van der Waals surface area (Å²) in [4.78, 5) is 0. The molecule has 0 nitrogen and oxygen atoms in total. The zero-order valence-electron chi connectivity index (χ0n) is 28.1. The van der Waals surface area contributed by atoms with E-state index >= 15 is 0 Å². The third kappa shape index (κ3) is 6.75. The van der Waals surface area contributed by atoms with Gasteiger partial charge < -0.3 is 0 Å². The number of hydrogen-bond donors (Lipinski definition) is 0. The SMILES string of the molecule is c1cc[c]([Sn]([c]2ccccc2)([c]2ccccc2)[c]2ccccc2)cc1.c1cc[c]([Sn]([c]2ccccc2)([c]2ccccc2)[c]2ccccc2)cc1. The number of rotatable bonds is 8. The minimum absolute atomic E-state index is 1.49. The molecule has 0 bridgehead atoms. The van der Waals surface area contributed by atoms with E-state index < -0.39 is 36.8 Å². The van der Waals surface area contributed by atoms with Crippen LogP contribution in [-0.4, -0.2) is 36.8 Å². The molecular weight excluding hydrogens is 814 g/mol. The van der Waals surface area contributed by atoms with E-state index in [0.29, 0.717) is 0 Å². The molecule has 2 heteroatoms. The number of benzene rings is 8. The van der Waals surface area contributed by atoms with E-state index in [0.717, 1.165) is 0 Å². The summed E-state index contributed by atoms with van der Waals surface area (Å²) in [7, 11) is 0. The van der Waals surface area contributed by atoms with Gasteiger partial charge in [0.2, 0.25) is 0 Å². The summed E-state index contributed by atoms with van der Waals surface area (Å²) in [6.07, 6.45) is 0. The third-order valence-corrected chi connectivity index (χ3v) is 37.0. The van der Waals surface area contributed by atoms with Crippen LogP contribution in [0.15, 0.2) is 243 Å². The van der Waals surface area contributed by atoms with E-state index in [-0.39, 0.29) is 0 Å². The van der Waals surface area contributed by atoms with E-state index in [1.54, 1.807) is 0 Å². The second-order valence-electron chi connectivity index (χ2n) is 12.4. The summed E-state index contributed by atoms with van der Waals surface area (Å²) in [5, 5.41) is 0. The van der Waals surface area contributed by atoms with E-state index in [9.17, 15) is 0 Å². The van der Waals surface area contributed by atoms with Gasteiger partial charge in [0.25, 0.3) is 0 Å². The Hall–Kier alpha value is -4.64. The molecule has 0 aliphatic carbocycles. The first-order chi connectivity index (χ1) is 24.8. The van der Waals surface area contributed by atoms with Gasteiger partial charge in [0, 0.05) is 0 Å². The van der Waals surface area contributed by atoms with E-state index in [1.807, 2.05) is 0 Å². The maximum absolute atomic E-state index is 3.31. The van der Waals surface area contributed by atoms with Crippen LogP contribution in [0.2, 0.25) is 0 Å². The topological polar surface area (TPSA) is 0 Å². The average Bonchev–Trinajstić information content (AvgIpc) is 3.22. The Morgan fingerprint density at radius 1 is 0.140 bits per heavy atom. The standard InChI is InChI=1S/8C6H5.2Sn/c8*1-2-4-6-5-3-1;;/h8*1-5H;;. The van der Waals surface area contributed by atoms with Crippen LogP contribution in [0.1, 0.15) is 0 Å². The Kier molecular flexibility index (Phi) is 11.1. The molecule has 0 saturated heterocycles. The predicted octanol–water partition coefficient (Wildman–Crippen LogP) is 6.13. The summed E-state index contributed by atoms with van der Waals surface area (Å²) < 4.78 is 11.9. The molecule has 50 heavy (non-hydrogen) atoms. The minimum atomic E-state index is -3.31. The van der Waals surface area contributed by atoms with Crippen molar-refractivity contribution >= 4 is 65.4 Å². The third-order valence-electron chi connectivity index (χ3n) is 9.65. The molecule has 0 saturated carbocycles. The molecular formula is C48H40Sn2. The Morgan fingerprint density at radius 3 is 0.340 bits per heavy atom. The molecule has 0 unspecified atom stereocenters. The summed E-state index contributed by atoms with van der Waals surface area (Å²) in [5.74, 6) is 0. The van der Waals surface area contributed by atoms with Crippen LogP contribution in [0, 0.1) is 0 Å². The van der Waals surface area contributed by atoms with Crippen molar-refractivity contribution in [3.63, 3.8) is 0 Å². The quantitative estimate of drug-likeness (QED) is 0.162. The Balaban J connectivity index is 0.000000157. The fraction of sp³-hybridized carbons (Fsp3) is 0. The van der Waals surface area contributed by atoms with Gasteiger partial charge in [-0.15, -0.1) is 0 Å². The van der Waals surface area contributed by atoms with E-state index in [1.165, 1.54) is 28.6 Å². The maximum atomic E-state index is 2.32. The van der Waals surface area contributed by atoms with Gasteiger partial charge in [-0.2, -0.15) is 0 Å². The van der Waals surface area contributed by atoms with E-state index in [4.69, 9.17) is 0 Å². The summed E-state index contributed by atoms with van der Waals surface area (Å²) in [6, 6.07) is 88.9. The zero-order chi connectivity index (χ0) is 33.9. The van der Waals surface area contributed by atoms with Crippen molar-refractivity contribution in [2.45, 2.75) is 0 Å². The molecule has 0 radical (unpaired) electrons. The Bertz CT molecular complexity index is 1670. The molecule has 0 aliphatic heterocycles. The molecule has 0 fully saturated rings. The molecule has 0 aliphatic rings. The average molecular weight is 854 g/mol. The first kappa shape index (κ1) is 33.8. The fourth-order valence-electron chi connectivity index (χ4n) is 7.51. The molecule has 8 aromatic rings. The number of hydrogen-bond acceptors (Lipinski definition) is 0. The van der Waals surface area contributed by atoms with Crippen LogP contribution in [-0.2, 0) is 0 Å². The molecule has 0 atom stereocenters. The first-order valence-corrected chi connectivity index (χ1v) is 28.7. The molecule has 0 spiro atoms. The van der Waals surface area contributed by atoms with Crippen molar-refractivity contribution in [1.82, 2.24) is 0 Å². The van der Waals surface area contributed by atoms with Crippen LogP contribution < -0.4 is 28.6 Å². The first-order valence-electron chi connectivity index (χ1n) is 17.3. The van der Waals surface area contributed by atoms with Crippen LogP contribution in [0.3, 0.4) is 0 Å². The molecule has 0 aromatic heterocycles. The van der Waals surface area contributed by atoms with Gasteiger partial charge in [-0.3, -0.25) is 0 Å². The fourth-order valence-corrected chi connectivity index (χ4v) is 34.7. The zero-order valence-corrected chi connectivity index (χ0v) is 33.8. The van der Waals surface area contributed by atoms with Crippen LogP contribution in [0.25, 0.3) is 0 Å². The van der Waals surface area contributed by atoms with Crippen molar-refractivity contribution in [1.29, 1.82) is 0 Å². The molecule has 8 rings (SSSR count). The van der Waals surface area contributed by atoms with Crippen molar-refractivity contribution in [2.24, 2.45) is 0 Å². The Labute approximate surface area is 305 Å². The second-order valence-corrected chi connectivity index (χ2v) is 34.2.